The Balaban J connectivity index is 1.75. The van der Waals surface area contributed by atoms with E-state index in [1.54, 1.807) is 0 Å². The van der Waals surface area contributed by atoms with Crippen molar-refractivity contribution in [2.75, 3.05) is 13.2 Å². The number of hydrogen-bond acceptors (Lipinski definition) is 2. The van der Waals surface area contributed by atoms with E-state index in [1.807, 2.05) is 6.08 Å². The second-order valence-corrected chi connectivity index (χ2v) is 6.29. The van der Waals surface area contributed by atoms with Crippen molar-refractivity contribution in [1.29, 1.82) is 0 Å². The SMILES string of the molecule is O=C1C=C2CCC3C(=C2CC1)COCC1C=CCC13. The van der Waals surface area contributed by atoms with E-state index >= 15 is 0 Å². The van der Waals surface area contributed by atoms with E-state index in [2.05, 4.69) is 12.2 Å². The molecule has 0 bridgehead atoms. The van der Waals surface area contributed by atoms with Crippen molar-refractivity contribution >= 4 is 5.78 Å². The molecule has 2 heteroatoms. The quantitative estimate of drug-likeness (QED) is 0.622. The van der Waals surface area contributed by atoms with Crippen LogP contribution in [0, 0.1) is 17.8 Å². The molecule has 2 nitrogen and oxygen atoms in total. The summed E-state index contributed by atoms with van der Waals surface area (Å²) in [5.41, 5.74) is 4.32. The lowest BCUT2D eigenvalue weighted by Gasteiger charge is -2.35. The molecule has 4 aliphatic rings. The van der Waals surface area contributed by atoms with E-state index in [0.717, 1.165) is 32.0 Å². The van der Waals surface area contributed by atoms with Crippen molar-refractivity contribution in [2.24, 2.45) is 17.8 Å². The highest BCUT2D eigenvalue weighted by Crippen LogP contribution is 2.47. The van der Waals surface area contributed by atoms with Gasteiger partial charge in [-0.25, -0.2) is 0 Å². The topological polar surface area (TPSA) is 26.3 Å². The molecule has 1 fully saturated rings. The summed E-state index contributed by atoms with van der Waals surface area (Å²) in [5, 5.41) is 0. The maximum Gasteiger partial charge on any atom is 0.156 e. The molecule has 0 aromatic rings. The molecule has 0 aromatic heterocycles. The molecule has 0 saturated carbocycles. The monoisotopic (exact) mass is 256 g/mol. The van der Waals surface area contributed by atoms with Gasteiger partial charge in [0.05, 0.1) is 13.2 Å². The lowest BCUT2D eigenvalue weighted by Crippen LogP contribution is -2.26. The molecule has 0 radical (unpaired) electrons. The Bertz CT molecular complexity index is 509. The Kier molecular flexibility index (Phi) is 2.73. The van der Waals surface area contributed by atoms with Crippen molar-refractivity contribution in [2.45, 2.75) is 32.1 Å². The predicted octanol–water partition coefficient (Wildman–Crippen LogP) is 3.20. The van der Waals surface area contributed by atoms with E-state index in [1.165, 1.54) is 29.6 Å². The third-order valence-electron chi connectivity index (χ3n) is 5.33. The summed E-state index contributed by atoms with van der Waals surface area (Å²) in [6, 6.07) is 0. The molecule has 0 N–H and O–H groups in total. The highest BCUT2D eigenvalue weighted by atomic mass is 16.5. The van der Waals surface area contributed by atoms with Crippen LogP contribution in [0.15, 0.2) is 34.9 Å². The maximum absolute atomic E-state index is 11.6. The standard InChI is InChI=1S/C17H20O2/c18-13-5-7-15-11(8-13)4-6-16-14-3-1-2-12(14)9-19-10-17(15)16/h1-2,8,12,14,16H,3-7,9-10H2. The van der Waals surface area contributed by atoms with Crippen LogP contribution in [0.3, 0.4) is 0 Å². The molecular formula is C17H20O2. The zero-order chi connectivity index (χ0) is 12.8. The summed E-state index contributed by atoms with van der Waals surface area (Å²) in [7, 11) is 0. The minimum Gasteiger partial charge on any atom is -0.376 e. The molecule has 0 amide bonds. The van der Waals surface area contributed by atoms with Crippen molar-refractivity contribution < 1.29 is 9.53 Å². The van der Waals surface area contributed by atoms with Gasteiger partial charge in [-0.15, -0.1) is 0 Å². The smallest absolute Gasteiger partial charge is 0.156 e. The van der Waals surface area contributed by atoms with Crippen LogP contribution in [0.1, 0.15) is 32.1 Å². The van der Waals surface area contributed by atoms with E-state index in [9.17, 15) is 4.79 Å². The molecule has 19 heavy (non-hydrogen) atoms. The van der Waals surface area contributed by atoms with Gasteiger partial charge in [-0.05, 0) is 60.3 Å². The normalized spacial score (nSPS) is 37.4. The maximum atomic E-state index is 11.6. The lowest BCUT2D eigenvalue weighted by atomic mass is 9.69. The largest absolute Gasteiger partial charge is 0.376 e. The number of rotatable bonds is 0. The summed E-state index contributed by atoms with van der Waals surface area (Å²) < 4.78 is 5.93. The fourth-order valence-corrected chi connectivity index (χ4v) is 4.40. The first kappa shape index (κ1) is 11.7. The van der Waals surface area contributed by atoms with E-state index < -0.39 is 0 Å². The van der Waals surface area contributed by atoms with Gasteiger partial charge in [0.15, 0.2) is 5.78 Å². The number of carbonyl (C=O) groups is 1. The fourth-order valence-electron chi connectivity index (χ4n) is 4.40. The molecular weight excluding hydrogens is 236 g/mol. The number of hydrogen-bond donors (Lipinski definition) is 0. The van der Waals surface area contributed by atoms with Gasteiger partial charge in [0.2, 0.25) is 0 Å². The highest BCUT2D eigenvalue weighted by molar-refractivity contribution is 5.93. The van der Waals surface area contributed by atoms with Gasteiger partial charge in [-0.1, -0.05) is 12.2 Å². The Labute approximate surface area is 114 Å². The van der Waals surface area contributed by atoms with Gasteiger partial charge >= 0.3 is 0 Å². The van der Waals surface area contributed by atoms with Crippen molar-refractivity contribution in [1.82, 2.24) is 0 Å². The van der Waals surface area contributed by atoms with Crippen LogP contribution in [0.5, 0.6) is 0 Å². The number of carbonyl (C=O) groups excluding carboxylic acids is 1. The lowest BCUT2D eigenvalue weighted by molar-refractivity contribution is -0.114. The minimum absolute atomic E-state index is 0.313. The Morgan fingerprint density at radius 2 is 2.16 bits per heavy atom. The summed E-state index contributed by atoms with van der Waals surface area (Å²) in [4.78, 5) is 11.6. The number of ether oxygens (including phenoxy) is 1. The van der Waals surface area contributed by atoms with Crippen molar-refractivity contribution in [3.8, 4) is 0 Å². The van der Waals surface area contributed by atoms with Crippen molar-refractivity contribution in [3.63, 3.8) is 0 Å². The molecule has 100 valence electrons. The van der Waals surface area contributed by atoms with Gasteiger partial charge in [-0.2, -0.15) is 0 Å². The van der Waals surface area contributed by atoms with Crippen LogP contribution in [-0.2, 0) is 9.53 Å². The Hall–Kier alpha value is -1.15. The van der Waals surface area contributed by atoms with Gasteiger partial charge < -0.3 is 4.74 Å². The Morgan fingerprint density at radius 3 is 3.11 bits per heavy atom. The molecule has 1 saturated heterocycles. The summed E-state index contributed by atoms with van der Waals surface area (Å²) in [6.45, 7) is 1.68. The number of ketones is 1. The molecule has 3 aliphatic carbocycles. The molecule has 3 unspecified atom stereocenters. The summed E-state index contributed by atoms with van der Waals surface area (Å²) in [6.07, 6.45) is 11.8. The first-order chi connectivity index (χ1) is 9.33. The average Bonchev–Trinajstić information content (AvgIpc) is 2.80. The van der Waals surface area contributed by atoms with Crippen LogP contribution >= 0.6 is 0 Å². The zero-order valence-electron chi connectivity index (χ0n) is 11.2. The van der Waals surface area contributed by atoms with Crippen molar-refractivity contribution in [3.05, 3.63) is 34.9 Å². The summed E-state index contributed by atoms with van der Waals surface area (Å²) in [5.74, 6) is 2.39. The zero-order valence-corrected chi connectivity index (χ0v) is 11.2. The second-order valence-electron chi connectivity index (χ2n) is 6.29. The summed E-state index contributed by atoms with van der Waals surface area (Å²) >= 11 is 0. The molecule has 1 heterocycles. The first-order valence-corrected chi connectivity index (χ1v) is 7.53. The average molecular weight is 256 g/mol. The number of fused-ring (bicyclic) bond motifs is 4. The van der Waals surface area contributed by atoms with Gasteiger partial charge in [0.25, 0.3) is 0 Å². The first-order valence-electron chi connectivity index (χ1n) is 7.53. The van der Waals surface area contributed by atoms with Crippen LogP contribution in [0.4, 0.5) is 0 Å². The molecule has 3 atom stereocenters. The minimum atomic E-state index is 0.313. The Morgan fingerprint density at radius 1 is 1.21 bits per heavy atom. The molecule has 4 rings (SSSR count). The second kappa shape index (κ2) is 4.45. The van der Waals surface area contributed by atoms with Crippen LogP contribution < -0.4 is 0 Å². The third-order valence-corrected chi connectivity index (χ3v) is 5.33. The number of allylic oxidation sites excluding steroid dienone is 4. The molecule has 0 aromatic carbocycles. The molecule has 0 spiro atoms. The van der Waals surface area contributed by atoms with Crippen LogP contribution in [0.2, 0.25) is 0 Å². The van der Waals surface area contributed by atoms with E-state index in [0.29, 0.717) is 24.0 Å². The predicted molar refractivity (Wildman–Crippen MR) is 73.6 cm³/mol. The van der Waals surface area contributed by atoms with Gasteiger partial charge in [0, 0.05) is 12.3 Å². The van der Waals surface area contributed by atoms with Gasteiger partial charge in [0.1, 0.15) is 0 Å². The molecule has 1 aliphatic heterocycles. The van der Waals surface area contributed by atoms with E-state index in [-0.39, 0.29) is 0 Å². The third kappa shape index (κ3) is 1.85. The highest BCUT2D eigenvalue weighted by Gasteiger charge is 2.39. The fraction of sp³-hybridized carbons (Fsp3) is 0.588. The van der Waals surface area contributed by atoms with Crippen LogP contribution in [-0.4, -0.2) is 19.0 Å². The van der Waals surface area contributed by atoms with E-state index in [4.69, 9.17) is 4.74 Å². The van der Waals surface area contributed by atoms with Crippen LogP contribution in [0.25, 0.3) is 0 Å². The van der Waals surface area contributed by atoms with Gasteiger partial charge in [-0.3, -0.25) is 4.79 Å².